The number of H-pyrrole nitrogens is 1. The Labute approximate surface area is 261 Å². The third kappa shape index (κ3) is 5.35. The predicted molar refractivity (Wildman–Crippen MR) is 170 cm³/mol. The third-order valence-electron chi connectivity index (χ3n) is 7.47. The van der Waals surface area contributed by atoms with Crippen molar-refractivity contribution < 1.29 is 18.7 Å². The maximum absolute atomic E-state index is 14.1. The molecule has 0 aliphatic carbocycles. The largest absolute Gasteiger partial charge is 0.497 e. The van der Waals surface area contributed by atoms with E-state index < -0.39 is 6.04 Å². The van der Waals surface area contributed by atoms with Crippen LogP contribution in [-0.4, -0.2) is 52.7 Å². The Bertz CT molecular complexity index is 2050. The molecule has 12 heteroatoms. The number of ether oxygens (including phenoxy) is 2. The van der Waals surface area contributed by atoms with Gasteiger partial charge in [-0.15, -0.1) is 0 Å². The average molecular weight is 630 g/mol. The Kier molecular flexibility index (Phi) is 8.19. The first kappa shape index (κ1) is 29.5. The molecule has 3 aromatic heterocycles. The van der Waals surface area contributed by atoms with Crippen molar-refractivity contribution in [1.82, 2.24) is 19.4 Å². The van der Waals surface area contributed by atoms with E-state index in [0.29, 0.717) is 66.8 Å². The number of hydrogen-bond acceptors (Lipinski definition) is 9. The molecule has 2 aromatic carbocycles. The predicted octanol–water partition coefficient (Wildman–Crippen LogP) is 4.74. The second-order valence-electron chi connectivity index (χ2n) is 9.99. The highest BCUT2D eigenvalue weighted by molar-refractivity contribution is 7.99. The number of carbonyl (C=O) groups excluding carboxylic acids is 1. The van der Waals surface area contributed by atoms with Crippen LogP contribution < -0.4 is 24.4 Å². The van der Waals surface area contributed by atoms with E-state index in [9.17, 15) is 9.59 Å². The second-order valence-corrected chi connectivity index (χ2v) is 12.0. The summed E-state index contributed by atoms with van der Waals surface area (Å²) in [6, 6.07) is 16.1. The average Bonchev–Trinajstić information content (AvgIpc) is 3.73. The molecule has 6 rings (SSSR count). The van der Waals surface area contributed by atoms with Gasteiger partial charge in [0.15, 0.2) is 15.1 Å². The van der Waals surface area contributed by atoms with Gasteiger partial charge in [-0.05, 0) is 75.0 Å². The number of fused-ring (bicyclic) bond motifs is 2. The Hall–Kier alpha value is -4.55. The SMILES string of the molecule is CCN(CC)C(=O)C1=C(C)N=c2s/c(=C/c3ccc(Sc4nc5ccccc5[nH]4)o3)c(=O)n2[C@@H]1c1cc(OC)ccc1OC. The summed E-state index contributed by atoms with van der Waals surface area (Å²) in [5.41, 5.74) is 3.13. The van der Waals surface area contributed by atoms with Crippen molar-refractivity contribution in [2.24, 2.45) is 4.99 Å². The molecule has 0 radical (unpaired) electrons. The number of aromatic nitrogens is 3. The molecule has 4 heterocycles. The number of imidazole rings is 1. The van der Waals surface area contributed by atoms with E-state index in [1.807, 2.05) is 63.2 Å². The van der Waals surface area contributed by atoms with Crippen LogP contribution in [0, 0.1) is 0 Å². The summed E-state index contributed by atoms with van der Waals surface area (Å²) in [7, 11) is 3.14. The van der Waals surface area contributed by atoms with Crippen LogP contribution in [0.5, 0.6) is 11.5 Å². The van der Waals surface area contributed by atoms with Gasteiger partial charge in [-0.25, -0.2) is 9.98 Å². The number of amides is 1. The first-order valence-corrected chi connectivity index (χ1v) is 15.7. The Morgan fingerprint density at radius 2 is 1.93 bits per heavy atom. The Morgan fingerprint density at radius 1 is 1.14 bits per heavy atom. The normalized spacial score (nSPS) is 14.9. The molecule has 1 amide bonds. The van der Waals surface area contributed by atoms with Crippen LogP contribution in [0.3, 0.4) is 0 Å². The minimum absolute atomic E-state index is 0.182. The summed E-state index contributed by atoms with van der Waals surface area (Å²) < 4.78 is 19.3. The maximum atomic E-state index is 14.1. The minimum Gasteiger partial charge on any atom is -0.497 e. The van der Waals surface area contributed by atoms with Crippen LogP contribution in [0.2, 0.25) is 0 Å². The minimum atomic E-state index is -0.776. The molecule has 0 bridgehead atoms. The number of hydrogen-bond donors (Lipinski definition) is 1. The van der Waals surface area contributed by atoms with Crippen LogP contribution in [0.1, 0.15) is 38.1 Å². The van der Waals surface area contributed by atoms with Gasteiger partial charge in [0.25, 0.3) is 11.5 Å². The number of carbonyl (C=O) groups is 1. The van der Waals surface area contributed by atoms with Gasteiger partial charge < -0.3 is 23.8 Å². The van der Waals surface area contributed by atoms with E-state index in [2.05, 4.69) is 9.97 Å². The molecule has 226 valence electrons. The summed E-state index contributed by atoms with van der Waals surface area (Å²) in [6.45, 7) is 6.70. The zero-order valence-corrected chi connectivity index (χ0v) is 26.5. The van der Waals surface area contributed by atoms with Crippen LogP contribution >= 0.6 is 23.1 Å². The molecule has 0 fully saturated rings. The van der Waals surface area contributed by atoms with E-state index in [0.717, 1.165) is 11.0 Å². The molecule has 0 unspecified atom stereocenters. The summed E-state index contributed by atoms with van der Waals surface area (Å²) in [5, 5.41) is 1.34. The lowest BCUT2D eigenvalue weighted by Gasteiger charge is -2.30. The van der Waals surface area contributed by atoms with E-state index >= 15 is 0 Å². The van der Waals surface area contributed by atoms with Crippen molar-refractivity contribution in [2.75, 3.05) is 27.3 Å². The van der Waals surface area contributed by atoms with Gasteiger partial charge in [0.05, 0.1) is 41.1 Å². The topological polar surface area (TPSA) is 115 Å². The molecule has 1 aliphatic heterocycles. The standard InChI is InChI=1S/C32H31N5O5S2/c1-6-36(7-2)30(39)27-18(3)33-32-37(28(27)21-16-19(40-4)12-14-24(21)41-5)29(38)25(43-32)17-20-13-15-26(42-20)44-31-34-22-10-8-9-11-23(22)35-31/h8-17,28H,6-7H2,1-5H3,(H,34,35)/b25-17+/t28-/m1/s1. The Balaban J connectivity index is 1.45. The van der Waals surface area contributed by atoms with Crippen molar-refractivity contribution in [3.8, 4) is 11.5 Å². The molecule has 5 aromatic rings. The van der Waals surface area contributed by atoms with Crippen LogP contribution in [0.15, 0.2) is 90.3 Å². The van der Waals surface area contributed by atoms with E-state index in [4.69, 9.17) is 18.9 Å². The smallest absolute Gasteiger partial charge is 0.271 e. The summed E-state index contributed by atoms with van der Waals surface area (Å²) >= 11 is 2.61. The van der Waals surface area contributed by atoms with Gasteiger partial charge in [-0.3, -0.25) is 14.2 Å². The van der Waals surface area contributed by atoms with Crippen LogP contribution in [-0.2, 0) is 4.79 Å². The number of benzene rings is 2. The molecule has 0 saturated heterocycles. The van der Waals surface area contributed by atoms with Crippen molar-refractivity contribution in [2.45, 2.75) is 37.1 Å². The van der Waals surface area contributed by atoms with Gasteiger partial charge in [0.2, 0.25) is 0 Å². The number of likely N-dealkylation sites (N-methyl/N-ethyl adjacent to an activating group) is 1. The summed E-state index contributed by atoms with van der Waals surface area (Å²) in [6.07, 6.45) is 1.71. The second kappa shape index (κ2) is 12.2. The Morgan fingerprint density at radius 3 is 2.66 bits per heavy atom. The third-order valence-corrected chi connectivity index (χ3v) is 9.26. The molecule has 1 aliphatic rings. The number of allylic oxidation sites excluding steroid dienone is 1. The van der Waals surface area contributed by atoms with Crippen molar-refractivity contribution in [3.05, 3.63) is 96.9 Å². The summed E-state index contributed by atoms with van der Waals surface area (Å²) in [5.74, 6) is 1.44. The van der Waals surface area contributed by atoms with E-state index in [1.165, 1.54) is 23.1 Å². The highest BCUT2D eigenvalue weighted by atomic mass is 32.2. The van der Waals surface area contributed by atoms with Gasteiger partial charge in [-0.1, -0.05) is 23.5 Å². The zero-order valence-electron chi connectivity index (χ0n) is 24.9. The monoisotopic (exact) mass is 629 g/mol. The summed E-state index contributed by atoms with van der Waals surface area (Å²) in [4.78, 5) is 42.9. The first-order valence-electron chi connectivity index (χ1n) is 14.1. The van der Waals surface area contributed by atoms with Gasteiger partial charge in [0, 0.05) is 24.7 Å². The molecular weight excluding hydrogens is 599 g/mol. The van der Waals surface area contributed by atoms with Crippen molar-refractivity contribution >= 4 is 46.1 Å². The number of aromatic amines is 1. The van der Waals surface area contributed by atoms with Gasteiger partial charge in [-0.2, -0.15) is 0 Å². The maximum Gasteiger partial charge on any atom is 0.271 e. The fraction of sp³-hybridized carbons (Fsp3) is 0.250. The molecule has 0 saturated carbocycles. The van der Waals surface area contributed by atoms with Crippen LogP contribution in [0.25, 0.3) is 17.1 Å². The molecule has 44 heavy (non-hydrogen) atoms. The molecule has 1 atom stereocenters. The number of nitrogens with zero attached hydrogens (tertiary/aromatic N) is 4. The number of furan rings is 1. The highest BCUT2D eigenvalue weighted by Crippen LogP contribution is 2.38. The fourth-order valence-corrected chi connectivity index (χ4v) is 7.09. The first-order chi connectivity index (χ1) is 21.3. The van der Waals surface area contributed by atoms with Gasteiger partial charge in [0.1, 0.15) is 23.3 Å². The molecule has 1 N–H and O–H groups in total. The lowest BCUT2D eigenvalue weighted by Crippen LogP contribution is -2.43. The van der Waals surface area contributed by atoms with Crippen LogP contribution in [0.4, 0.5) is 0 Å². The molecule has 0 spiro atoms. The number of rotatable bonds is 9. The quantitative estimate of drug-likeness (QED) is 0.251. The molecule has 10 nitrogen and oxygen atoms in total. The lowest BCUT2D eigenvalue weighted by molar-refractivity contribution is -0.127. The number of methoxy groups -OCH3 is 2. The zero-order chi connectivity index (χ0) is 31.0. The van der Waals surface area contributed by atoms with Crippen molar-refractivity contribution in [3.63, 3.8) is 0 Å². The van der Waals surface area contributed by atoms with E-state index in [1.54, 1.807) is 41.9 Å². The lowest BCUT2D eigenvalue weighted by atomic mass is 9.93. The molecular formula is C32H31N5O5S2. The number of para-hydroxylation sites is 2. The fourth-order valence-electron chi connectivity index (χ4n) is 5.29. The number of thiazole rings is 1. The highest BCUT2D eigenvalue weighted by Gasteiger charge is 2.36. The van der Waals surface area contributed by atoms with Gasteiger partial charge >= 0.3 is 0 Å². The number of nitrogens with one attached hydrogen (secondary N) is 1. The van der Waals surface area contributed by atoms with Crippen molar-refractivity contribution in [1.29, 1.82) is 0 Å². The van der Waals surface area contributed by atoms with E-state index in [-0.39, 0.29) is 11.5 Å².